The number of alkyl carbamates (subject to hydrolysis) is 1. The Bertz CT molecular complexity index is 440. The number of methoxy groups -OCH3 is 1. The van der Waals surface area contributed by atoms with Gasteiger partial charge in [-0.2, -0.15) is 0 Å². The van der Waals surface area contributed by atoms with Crippen LogP contribution < -0.4 is 10.6 Å². The molecule has 10 nitrogen and oxygen atoms in total. The molecule has 2 atom stereocenters. The third kappa shape index (κ3) is 5.16. The van der Waals surface area contributed by atoms with Crippen LogP contribution in [-0.4, -0.2) is 71.5 Å². The molecule has 10 heteroatoms. The molecule has 0 aromatic rings. The zero-order chi connectivity index (χ0) is 16.0. The molecule has 1 fully saturated rings. The minimum absolute atomic E-state index is 0.195. The van der Waals surface area contributed by atoms with Crippen molar-refractivity contribution in [3.63, 3.8) is 0 Å². The van der Waals surface area contributed by atoms with Crippen molar-refractivity contribution in [2.24, 2.45) is 0 Å². The second-order valence-corrected chi connectivity index (χ2v) is 4.51. The second kappa shape index (κ2) is 7.31. The van der Waals surface area contributed by atoms with Gasteiger partial charge in [0.2, 0.25) is 0 Å². The molecule has 0 spiro atoms. The summed E-state index contributed by atoms with van der Waals surface area (Å²) in [5, 5.41) is 22.1. The van der Waals surface area contributed by atoms with Gasteiger partial charge in [0.25, 0.3) is 0 Å². The first-order valence-corrected chi connectivity index (χ1v) is 6.18. The molecule has 4 N–H and O–H groups in total. The Morgan fingerprint density at radius 3 is 2.52 bits per heavy atom. The molecule has 0 aromatic carbocycles. The van der Waals surface area contributed by atoms with E-state index in [0.717, 1.165) is 0 Å². The maximum absolute atomic E-state index is 11.9. The topological polar surface area (TPSA) is 145 Å². The third-order valence-corrected chi connectivity index (χ3v) is 2.96. The fraction of sp³-hybridized carbons (Fsp3) is 0.636. The van der Waals surface area contributed by atoms with Gasteiger partial charge in [-0.05, 0) is 6.42 Å². The second-order valence-electron chi connectivity index (χ2n) is 4.51. The number of likely N-dealkylation sites (tertiary alicyclic amines) is 1. The zero-order valence-corrected chi connectivity index (χ0v) is 11.4. The van der Waals surface area contributed by atoms with Crippen LogP contribution in [0, 0.1) is 0 Å². The monoisotopic (exact) mass is 303 g/mol. The molecule has 1 saturated heterocycles. The van der Waals surface area contributed by atoms with Crippen LogP contribution in [0.15, 0.2) is 0 Å². The quantitative estimate of drug-likeness (QED) is 0.512. The highest BCUT2D eigenvalue weighted by Gasteiger charge is 2.30. The summed E-state index contributed by atoms with van der Waals surface area (Å²) >= 11 is 0. The van der Waals surface area contributed by atoms with Gasteiger partial charge in [-0.3, -0.25) is 4.79 Å². The number of amides is 3. The lowest BCUT2D eigenvalue weighted by Gasteiger charge is -2.20. The highest BCUT2D eigenvalue weighted by molar-refractivity contribution is 5.86. The van der Waals surface area contributed by atoms with Gasteiger partial charge in [0.1, 0.15) is 6.04 Å². The van der Waals surface area contributed by atoms with Crippen molar-refractivity contribution in [3.8, 4) is 0 Å². The fourth-order valence-electron chi connectivity index (χ4n) is 1.90. The number of hydrogen-bond donors (Lipinski definition) is 4. The third-order valence-electron chi connectivity index (χ3n) is 2.96. The number of nitrogens with one attached hydrogen (secondary N) is 2. The average molecular weight is 303 g/mol. The van der Waals surface area contributed by atoms with Crippen molar-refractivity contribution in [3.05, 3.63) is 0 Å². The molecule has 0 radical (unpaired) electrons. The van der Waals surface area contributed by atoms with E-state index in [1.807, 2.05) is 0 Å². The molecule has 1 rings (SSSR count). The molecule has 1 heterocycles. The summed E-state index contributed by atoms with van der Waals surface area (Å²) in [4.78, 5) is 45.6. The van der Waals surface area contributed by atoms with Crippen molar-refractivity contribution in [2.75, 3.05) is 20.2 Å². The summed E-state index contributed by atoms with van der Waals surface area (Å²) in [6.07, 6.45) is -0.825. The number of ether oxygens (including phenoxy) is 1. The highest BCUT2D eigenvalue weighted by Crippen LogP contribution is 2.10. The van der Waals surface area contributed by atoms with Gasteiger partial charge >= 0.3 is 24.1 Å². The Hall–Kier alpha value is -2.52. The Kier molecular flexibility index (Phi) is 5.76. The largest absolute Gasteiger partial charge is 0.481 e. The molecule has 21 heavy (non-hydrogen) atoms. The van der Waals surface area contributed by atoms with Crippen LogP contribution in [0.25, 0.3) is 0 Å². The van der Waals surface area contributed by atoms with E-state index in [-0.39, 0.29) is 12.6 Å². The van der Waals surface area contributed by atoms with E-state index in [1.54, 1.807) is 0 Å². The first kappa shape index (κ1) is 16.5. The molecule has 1 aliphatic rings. The van der Waals surface area contributed by atoms with E-state index in [4.69, 9.17) is 10.2 Å². The van der Waals surface area contributed by atoms with E-state index in [9.17, 15) is 19.2 Å². The standard InChI is InChI=1S/C11H17N3O7/c1-21-11(20)12-6-2-3-14(5-6)10(19)13-7(9(17)18)4-8(15)16/h6-7H,2-5H2,1H3,(H,12,20)(H,13,19)(H,15,16)(H,17,18). The summed E-state index contributed by atoms with van der Waals surface area (Å²) in [6, 6.07) is -2.47. The van der Waals surface area contributed by atoms with Crippen LogP contribution in [0.4, 0.5) is 9.59 Å². The van der Waals surface area contributed by atoms with Crippen LogP contribution in [0.2, 0.25) is 0 Å². The van der Waals surface area contributed by atoms with Crippen molar-refractivity contribution < 1.29 is 34.1 Å². The Morgan fingerprint density at radius 1 is 1.33 bits per heavy atom. The Morgan fingerprint density at radius 2 is 2.00 bits per heavy atom. The lowest BCUT2D eigenvalue weighted by Crippen LogP contribution is -2.49. The highest BCUT2D eigenvalue weighted by atomic mass is 16.5. The van der Waals surface area contributed by atoms with Gasteiger partial charge in [-0.15, -0.1) is 0 Å². The Labute approximate surface area is 120 Å². The van der Waals surface area contributed by atoms with Gasteiger partial charge in [0, 0.05) is 13.1 Å². The predicted molar refractivity (Wildman–Crippen MR) is 67.7 cm³/mol. The van der Waals surface area contributed by atoms with Crippen LogP contribution in [-0.2, 0) is 14.3 Å². The van der Waals surface area contributed by atoms with E-state index in [0.29, 0.717) is 13.0 Å². The Balaban J connectivity index is 2.50. The minimum atomic E-state index is -1.50. The average Bonchev–Trinajstić information content (AvgIpc) is 2.85. The van der Waals surface area contributed by atoms with Crippen LogP contribution >= 0.6 is 0 Å². The van der Waals surface area contributed by atoms with E-state index in [2.05, 4.69) is 15.4 Å². The van der Waals surface area contributed by atoms with Crippen molar-refractivity contribution in [1.82, 2.24) is 15.5 Å². The number of aliphatic carboxylic acids is 2. The summed E-state index contributed by atoms with van der Waals surface area (Å²) in [6.45, 7) is 0.514. The van der Waals surface area contributed by atoms with Gasteiger partial charge < -0.3 is 30.5 Å². The molecule has 2 unspecified atom stereocenters. The zero-order valence-electron chi connectivity index (χ0n) is 11.4. The number of rotatable bonds is 5. The number of urea groups is 1. The minimum Gasteiger partial charge on any atom is -0.481 e. The number of carbonyl (C=O) groups is 4. The molecule has 3 amide bonds. The van der Waals surface area contributed by atoms with Gasteiger partial charge in [0.15, 0.2) is 0 Å². The van der Waals surface area contributed by atoms with E-state index >= 15 is 0 Å². The first-order chi connectivity index (χ1) is 9.83. The number of carbonyl (C=O) groups excluding carboxylic acids is 2. The summed E-state index contributed by atoms with van der Waals surface area (Å²) in [5.74, 6) is -2.75. The predicted octanol–water partition coefficient (Wildman–Crippen LogP) is -0.946. The fourth-order valence-corrected chi connectivity index (χ4v) is 1.90. The van der Waals surface area contributed by atoms with Crippen molar-refractivity contribution in [2.45, 2.75) is 24.9 Å². The number of hydrogen-bond acceptors (Lipinski definition) is 5. The lowest BCUT2D eigenvalue weighted by atomic mass is 10.2. The molecule has 0 bridgehead atoms. The molecular weight excluding hydrogens is 286 g/mol. The molecule has 0 saturated carbocycles. The van der Waals surface area contributed by atoms with Crippen LogP contribution in [0.5, 0.6) is 0 Å². The normalized spacial score (nSPS) is 18.7. The summed E-state index contributed by atoms with van der Waals surface area (Å²) in [5.41, 5.74) is 0. The van der Waals surface area contributed by atoms with Crippen LogP contribution in [0.1, 0.15) is 12.8 Å². The van der Waals surface area contributed by atoms with Gasteiger partial charge in [-0.1, -0.05) is 0 Å². The smallest absolute Gasteiger partial charge is 0.407 e. The molecule has 1 aliphatic heterocycles. The molecular formula is C11H17N3O7. The molecule has 0 aliphatic carbocycles. The first-order valence-electron chi connectivity index (χ1n) is 6.18. The van der Waals surface area contributed by atoms with E-state index in [1.165, 1.54) is 12.0 Å². The van der Waals surface area contributed by atoms with Crippen molar-refractivity contribution in [1.29, 1.82) is 0 Å². The van der Waals surface area contributed by atoms with Crippen LogP contribution in [0.3, 0.4) is 0 Å². The maximum Gasteiger partial charge on any atom is 0.407 e. The van der Waals surface area contributed by atoms with Crippen molar-refractivity contribution >= 4 is 24.1 Å². The SMILES string of the molecule is COC(=O)NC1CCN(C(=O)NC(CC(=O)O)C(=O)O)C1. The lowest BCUT2D eigenvalue weighted by molar-refractivity contribution is -0.145. The maximum atomic E-state index is 11.9. The number of carboxylic acids is 2. The van der Waals surface area contributed by atoms with Gasteiger partial charge in [-0.25, -0.2) is 14.4 Å². The number of nitrogens with zero attached hydrogens (tertiary/aromatic N) is 1. The summed E-state index contributed by atoms with van der Waals surface area (Å²) in [7, 11) is 1.22. The molecule has 0 aromatic heterocycles. The summed E-state index contributed by atoms with van der Waals surface area (Å²) < 4.78 is 4.44. The van der Waals surface area contributed by atoms with E-state index < -0.39 is 36.5 Å². The van der Waals surface area contributed by atoms with Gasteiger partial charge in [0.05, 0.1) is 19.6 Å². The number of carboxylic acid groups (broad SMARTS) is 2. The molecule has 118 valence electrons.